The van der Waals surface area contributed by atoms with Crippen LogP contribution in [0.3, 0.4) is 0 Å². The quantitative estimate of drug-likeness (QED) is 0.0663. The molecule has 0 unspecified atom stereocenters. The number of benzene rings is 2. The number of nitrogens with zero attached hydrogens (tertiary/aromatic N) is 4. The summed E-state index contributed by atoms with van der Waals surface area (Å²) in [7, 11) is 5.05. The first-order chi connectivity index (χ1) is 40.6. The Labute approximate surface area is 509 Å². The monoisotopic (exact) mass is 1220 g/mol. The second-order valence-corrected chi connectivity index (χ2v) is 26.1. The number of rotatable bonds is 27. The van der Waals surface area contributed by atoms with Crippen LogP contribution in [0.15, 0.2) is 48.5 Å². The van der Waals surface area contributed by atoms with Crippen molar-refractivity contribution < 1.29 is 90.2 Å². The Morgan fingerprint density at radius 3 is 1.31 bits per heavy atom. The van der Waals surface area contributed by atoms with E-state index in [0.29, 0.717) is 37.9 Å². The zero-order chi connectivity index (χ0) is 64.6. The molecule has 6 rings (SSSR count). The molecule has 23 heteroatoms. The number of carboxylic acids is 1. The van der Waals surface area contributed by atoms with Gasteiger partial charge in [0.1, 0.15) is 40.1 Å². The van der Waals surface area contributed by atoms with Gasteiger partial charge in [-0.3, -0.25) is 19.3 Å². The maximum atomic E-state index is 15.8. The molecule has 482 valence electrons. The van der Waals surface area contributed by atoms with Gasteiger partial charge >= 0.3 is 35.9 Å². The molecule has 2 aromatic carbocycles. The first kappa shape index (κ1) is 69.4. The van der Waals surface area contributed by atoms with Crippen molar-refractivity contribution >= 4 is 53.7 Å². The van der Waals surface area contributed by atoms with Crippen molar-refractivity contribution in [2.24, 2.45) is 0 Å². The number of carbonyl (C=O) groups is 9. The van der Waals surface area contributed by atoms with E-state index in [1.54, 1.807) is 32.9 Å². The summed E-state index contributed by atoms with van der Waals surface area (Å²) in [5.41, 5.74) is -4.68. The van der Waals surface area contributed by atoms with Crippen LogP contribution in [-0.4, -0.2) is 198 Å². The van der Waals surface area contributed by atoms with Gasteiger partial charge in [-0.15, -0.1) is 0 Å². The van der Waals surface area contributed by atoms with Gasteiger partial charge in [0.2, 0.25) is 0 Å². The smallest absolute Gasteiger partial charge is 0.410 e. The molecular weight excluding hydrogens is 1130 g/mol. The van der Waals surface area contributed by atoms with E-state index in [2.05, 4.69) is 0 Å². The highest BCUT2D eigenvalue weighted by molar-refractivity contribution is 5.96. The molecule has 2 aliphatic carbocycles. The van der Waals surface area contributed by atoms with Crippen molar-refractivity contribution in [3.63, 3.8) is 0 Å². The van der Waals surface area contributed by atoms with Crippen LogP contribution in [0, 0.1) is 0 Å². The van der Waals surface area contributed by atoms with Crippen molar-refractivity contribution in [2.75, 3.05) is 54.6 Å². The lowest BCUT2D eigenvalue weighted by atomic mass is 9.90. The zero-order valence-corrected chi connectivity index (χ0v) is 52.8. The highest BCUT2D eigenvalue weighted by Gasteiger charge is 2.60. The van der Waals surface area contributed by atoms with Gasteiger partial charge in [0, 0.05) is 73.9 Å². The summed E-state index contributed by atoms with van der Waals surface area (Å²) < 4.78 is 70.5. The van der Waals surface area contributed by atoms with Crippen LogP contribution in [0.2, 0.25) is 0 Å². The van der Waals surface area contributed by atoms with E-state index in [9.17, 15) is 48.3 Å². The largest absolute Gasteiger partial charge is 0.479 e. The highest BCUT2D eigenvalue weighted by atomic mass is 19.1. The average molecular weight is 1230 g/mol. The summed E-state index contributed by atoms with van der Waals surface area (Å²) in [6.07, 6.45) is -4.86. The van der Waals surface area contributed by atoms with Crippen molar-refractivity contribution in [1.29, 1.82) is 0 Å². The van der Waals surface area contributed by atoms with E-state index in [4.69, 9.17) is 33.2 Å². The minimum absolute atomic E-state index is 0.0360. The Hall–Kier alpha value is -6.75. The lowest BCUT2D eigenvalue weighted by Crippen LogP contribution is -2.55. The zero-order valence-electron chi connectivity index (χ0n) is 52.8. The van der Waals surface area contributed by atoms with Gasteiger partial charge < -0.3 is 53.0 Å². The molecule has 2 saturated heterocycles. The Morgan fingerprint density at radius 2 is 0.943 bits per heavy atom. The maximum Gasteiger partial charge on any atom is 0.410 e. The van der Waals surface area contributed by atoms with Gasteiger partial charge in [0.25, 0.3) is 17.7 Å². The molecule has 0 aromatic heterocycles. The van der Waals surface area contributed by atoms with Crippen LogP contribution in [0.25, 0.3) is 0 Å². The molecule has 2 heterocycles. The van der Waals surface area contributed by atoms with Crippen molar-refractivity contribution in [3.8, 4) is 0 Å². The fraction of sp³-hybridized carbons (Fsp3) is 0.672. The van der Waals surface area contributed by atoms with Crippen LogP contribution < -0.4 is 0 Å². The molecular formula is C64H90F2N4O17. The first-order valence-corrected chi connectivity index (χ1v) is 30.1. The molecule has 0 bridgehead atoms. The third kappa shape index (κ3) is 18.6. The van der Waals surface area contributed by atoms with E-state index < -0.39 is 131 Å². The number of carboxylic acid groups (broad SMARTS) is 1. The molecule has 4 amide bonds. The minimum Gasteiger partial charge on any atom is -0.479 e. The lowest BCUT2D eigenvalue weighted by molar-refractivity contribution is -0.176. The summed E-state index contributed by atoms with van der Waals surface area (Å²) in [5, 5.41) is 10.1. The molecule has 4 fully saturated rings. The lowest BCUT2D eigenvalue weighted by Gasteiger charge is -2.35. The highest BCUT2D eigenvalue weighted by Crippen LogP contribution is 2.45. The standard InChI is InChI=1S/C64H90F2N4O17/c1-39(51(71)67(10)47(37-61(6,7)65)55(76)85-49(54(74)75)23-18-41-14-19-43(20-15-41)45-24-32-81-33-25-45)83-57(78)63(28-29-63)69(12)53(73)50(36-42-16-21-44(22-17-42)46-26-34-82-35-27-46)86-56(77)48(38-62(8,9)66)68(11)52(72)40(2)84-58(79)64(30-31-64)70(13)59(80)87-60(3,4)5/h14-17,19-22,39-40,45-50H,18,23-38H2,1-13H3,(H,74,75)/t39-,40-,47+,48+,49-,50-/m1/s1. The maximum absolute atomic E-state index is 15.8. The van der Waals surface area contributed by atoms with Gasteiger partial charge in [-0.1, -0.05) is 48.5 Å². The summed E-state index contributed by atoms with van der Waals surface area (Å²) in [5.74, 6) is -8.00. The predicted octanol–water partition coefficient (Wildman–Crippen LogP) is 7.74. The van der Waals surface area contributed by atoms with E-state index >= 15 is 8.78 Å². The molecule has 1 N–H and O–H groups in total. The van der Waals surface area contributed by atoms with Crippen LogP contribution in [0.5, 0.6) is 0 Å². The summed E-state index contributed by atoms with van der Waals surface area (Å²) in [4.78, 5) is 129. The molecule has 2 aliphatic heterocycles. The number of alkyl halides is 2. The van der Waals surface area contributed by atoms with Gasteiger partial charge in [-0.05, 0) is 161 Å². The number of hydrogen-bond acceptors (Lipinski definition) is 16. The van der Waals surface area contributed by atoms with E-state index in [0.717, 1.165) is 62.0 Å². The minimum atomic E-state index is -2.12. The number of ether oxygens (including phenoxy) is 7. The molecule has 4 aliphatic rings. The Bertz CT molecular complexity index is 2770. The summed E-state index contributed by atoms with van der Waals surface area (Å²) in [6, 6.07) is 11.7. The van der Waals surface area contributed by atoms with Crippen LogP contribution in [-0.2, 0) is 84.4 Å². The molecule has 0 spiro atoms. The number of halogens is 2. The van der Waals surface area contributed by atoms with E-state index in [-0.39, 0.29) is 50.9 Å². The topological polar surface area (TPSA) is 251 Å². The second-order valence-electron chi connectivity index (χ2n) is 26.1. The van der Waals surface area contributed by atoms with Crippen molar-refractivity contribution in [1.82, 2.24) is 19.6 Å². The molecule has 2 saturated carbocycles. The summed E-state index contributed by atoms with van der Waals surface area (Å²) in [6.45, 7) is 14.7. The van der Waals surface area contributed by atoms with E-state index in [1.165, 1.54) is 69.7 Å². The average Bonchev–Trinajstić information content (AvgIpc) is 1.64. The Kier molecular flexibility index (Phi) is 22.8. The fourth-order valence-corrected chi connectivity index (χ4v) is 11.0. The Balaban J connectivity index is 1.17. The molecule has 6 atom stereocenters. The van der Waals surface area contributed by atoms with Crippen LogP contribution >= 0.6 is 0 Å². The van der Waals surface area contributed by atoms with Crippen molar-refractivity contribution in [3.05, 3.63) is 70.8 Å². The Morgan fingerprint density at radius 1 is 0.563 bits per heavy atom. The van der Waals surface area contributed by atoms with Gasteiger partial charge in [0.15, 0.2) is 24.4 Å². The van der Waals surface area contributed by atoms with Crippen LogP contribution in [0.4, 0.5) is 13.6 Å². The molecule has 87 heavy (non-hydrogen) atoms. The van der Waals surface area contributed by atoms with Crippen LogP contribution in [0.1, 0.15) is 167 Å². The third-order valence-electron chi connectivity index (χ3n) is 16.8. The number of amides is 4. The van der Waals surface area contributed by atoms with Gasteiger partial charge in [-0.2, -0.15) is 0 Å². The number of likely N-dealkylation sites (N-methyl/N-ethyl adjacent to an activating group) is 4. The SMILES string of the molecule is C[C@@H](OC(=O)C1(N(C)C(=O)OC(C)(C)C)CC1)C(=O)N(C)[C@@H](CC(C)(C)F)C(=O)O[C@H](Cc1ccc(C2CCOCC2)cc1)C(=O)N(C)C1(C(=O)O[C@H](C)C(=O)N(C)[C@@H](CC(C)(C)F)C(=O)O[C@H](CCc2ccc(C3CCOCC3)cc2)C(=O)O)CC1. The predicted molar refractivity (Wildman–Crippen MR) is 312 cm³/mol. The van der Waals surface area contributed by atoms with Crippen molar-refractivity contribution in [2.45, 2.75) is 222 Å². The number of hydrogen-bond donors (Lipinski definition) is 1. The number of aryl methyl sites for hydroxylation is 1. The summed E-state index contributed by atoms with van der Waals surface area (Å²) >= 11 is 0. The van der Waals surface area contributed by atoms with E-state index in [1.807, 2.05) is 36.4 Å². The third-order valence-corrected chi connectivity index (χ3v) is 16.8. The molecule has 2 aromatic rings. The molecule has 0 radical (unpaired) electrons. The first-order valence-electron chi connectivity index (χ1n) is 30.1. The van der Waals surface area contributed by atoms with Gasteiger partial charge in [0.05, 0.1) is 0 Å². The second kappa shape index (κ2) is 28.6. The number of carbonyl (C=O) groups excluding carboxylic acids is 8. The number of esters is 4. The normalized spacial score (nSPS) is 18.8. The number of aliphatic carboxylic acids is 1. The molecule has 21 nitrogen and oxygen atoms in total. The van der Waals surface area contributed by atoms with Gasteiger partial charge in [-0.25, -0.2) is 37.5 Å². The fourth-order valence-electron chi connectivity index (χ4n) is 11.0.